The molecule has 2 N–H and O–H groups in total. The molecule has 0 aliphatic carbocycles. The van der Waals surface area contributed by atoms with Crippen LogP contribution in [0.15, 0.2) is 24.3 Å². The van der Waals surface area contributed by atoms with Crippen LogP contribution in [-0.4, -0.2) is 36.7 Å². The number of halogens is 1. The van der Waals surface area contributed by atoms with Crippen LogP contribution < -0.4 is 5.73 Å². The average Bonchev–Trinajstić information content (AvgIpc) is 2.31. The van der Waals surface area contributed by atoms with Crippen LogP contribution in [0.1, 0.15) is 12.5 Å². The number of rotatable bonds is 3. The fourth-order valence-electron chi connectivity index (χ4n) is 2.27. The lowest BCUT2D eigenvalue weighted by Gasteiger charge is -2.36. The molecule has 1 heterocycles. The van der Waals surface area contributed by atoms with E-state index in [1.165, 1.54) is 5.56 Å². The van der Waals surface area contributed by atoms with Crippen LogP contribution in [0.3, 0.4) is 0 Å². The molecule has 0 spiro atoms. The molecule has 3 nitrogen and oxygen atoms in total. The smallest absolute Gasteiger partial charge is 0.0828 e. The summed E-state index contributed by atoms with van der Waals surface area (Å²) < 4.78 is 5.73. The molecule has 4 heteroatoms. The summed E-state index contributed by atoms with van der Waals surface area (Å²) in [4.78, 5) is 2.35. The van der Waals surface area contributed by atoms with Gasteiger partial charge >= 0.3 is 0 Å². The van der Waals surface area contributed by atoms with Crippen LogP contribution in [0.5, 0.6) is 0 Å². The van der Waals surface area contributed by atoms with E-state index in [1.807, 2.05) is 18.2 Å². The van der Waals surface area contributed by atoms with E-state index in [0.29, 0.717) is 6.54 Å². The molecule has 0 amide bonds. The van der Waals surface area contributed by atoms with Crippen LogP contribution in [0.25, 0.3) is 0 Å². The van der Waals surface area contributed by atoms with E-state index in [9.17, 15) is 0 Å². The minimum Gasteiger partial charge on any atom is -0.371 e. The second-order valence-corrected chi connectivity index (χ2v) is 5.00. The van der Waals surface area contributed by atoms with Gasteiger partial charge in [-0.3, -0.25) is 4.90 Å². The largest absolute Gasteiger partial charge is 0.371 e. The molecule has 0 radical (unpaired) electrons. The van der Waals surface area contributed by atoms with Gasteiger partial charge in [0.05, 0.1) is 12.2 Å². The molecule has 2 atom stereocenters. The highest BCUT2D eigenvalue weighted by Gasteiger charge is 2.24. The van der Waals surface area contributed by atoms with Crippen LogP contribution >= 0.6 is 11.6 Å². The highest BCUT2D eigenvalue weighted by molar-refractivity contribution is 6.31. The SMILES string of the molecule is CC1CN(Cc2ccccc2Cl)CC(CN)O1. The summed E-state index contributed by atoms with van der Waals surface area (Å²) in [6.45, 7) is 5.34. The van der Waals surface area contributed by atoms with Crippen molar-refractivity contribution < 1.29 is 4.74 Å². The van der Waals surface area contributed by atoms with Gasteiger partial charge in [0.1, 0.15) is 0 Å². The molecule has 1 aliphatic heterocycles. The Morgan fingerprint density at radius 2 is 2.18 bits per heavy atom. The summed E-state index contributed by atoms with van der Waals surface area (Å²) in [5.41, 5.74) is 6.84. The van der Waals surface area contributed by atoms with Gasteiger partial charge in [0, 0.05) is 31.2 Å². The lowest BCUT2D eigenvalue weighted by atomic mass is 10.1. The van der Waals surface area contributed by atoms with Crippen molar-refractivity contribution in [3.63, 3.8) is 0 Å². The van der Waals surface area contributed by atoms with E-state index in [1.54, 1.807) is 0 Å². The second kappa shape index (κ2) is 5.83. The van der Waals surface area contributed by atoms with Gasteiger partial charge < -0.3 is 10.5 Å². The number of benzene rings is 1. The Bertz CT molecular complexity index is 372. The van der Waals surface area contributed by atoms with Crippen molar-refractivity contribution in [2.24, 2.45) is 5.73 Å². The van der Waals surface area contributed by atoms with E-state index in [-0.39, 0.29) is 12.2 Å². The average molecular weight is 255 g/mol. The number of hydrogen-bond donors (Lipinski definition) is 1. The van der Waals surface area contributed by atoms with Gasteiger partial charge in [-0.15, -0.1) is 0 Å². The summed E-state index contributed by atoms with van der Waals surface area (Å²) in [5.74, 6) is 0. The highest BCUT2D eigenvalue weighted by atomic mass is 35.5. The molecule has 1 aromatic rings. The molecule has 94 valence electrons. The van der Waals surface area contributed by atoms with Gasteiger partial charge in [0.25, 0.3) is 0 Å². The number of ether oxygens (including phenoxy) is 1. The standard InChI is InChI=1S/C13H19ClN2O/c1-10-7-16(9-12(6-15)17-10)8-11-4-2-3-5-13(11)14/h2-5,10,12H,6-9,15H2,1H3. The third kappa shape index (κ3) is 3.42. The molecule has 0 aromatic heterocycles. The zero-order chi connectivity index (χ0) is 12.3. The fourth-order valence-corrected chi connectivity index (χ4v) is 2.46. The fraction of sp³-hybridized carbons (Fsp3) is 0.538. The van der Waals surface area contributed by atoms with Crippen molar-refractivity contribution in [1.82, 2.24) is 4.90 Å². The molecule has 0 bridgehead atoms. The highest BCUT2D eigenvalue weighted by Crippen LogP contribution is 2.19. The molecule has 0 saturated carbocycles. The number of hydrogen-bond acceptors (Lipinski definition) is 3. The van der Waals surface area contributed by atoms with Crippen molar-refractivity contribution in [2.75, 3.05) is 19.6 Å². The first-order valence-corrected chi connectivity index (χ1v) is 6.38. The monoisotopic (exact) mass is 254 g/mol. The van der Waals surface area contributed by atoms with E-state index < -0.39 is 0 Å². The van der Waals surface area contributed by atoms with Gasteiger partial charge in [-0.05, 0) is 18.6 Å². The van der Waals surface area contributed by atoms with Gasteiger partial charge in [-0.25, -0.2) is 0 Å². The lowest BCUT2D eigenvalue weighted by Crippen LogP contribution is -2.48. The molecular weight excluding hydrogens is 236 g/mol. The number of nitrogens with two attached hydrogens (primary N) is 1. The van der Waals surface area contributed by atoms with Crippen LogP contribution in [0.4, 0.5) is 0 Å². The third-order valence-corrected chi connectivity index (χ3v) is 3.39. The lowest BCUT2D eigenvalue weighted by molar-refractivity contribution is -0.0745. The maximum Gasteiger partial charge on any atom is 0.0828 e. The minimum atomic E-state index is 0.140. The van der Waals surface area contributed by atoms with Crippen LogP contribution in [-0.2, 0) is 11.3 Å². The minimum absolute atomic E-state index is 0.140. The number of morpholine rings is 1. The topological polar surface area (TPSA) is 38.5 Å². The van der Waals surface area contributed by atoms with Gasteiger partial charge in [-0.2, -0.15) is 0 Å². The van der Waals surface area contributed by atoms with Crippen LogP contribution in [0, 0.1) is 0 Å². The quantitative estimate of drug-likeness (QED) is 0.895. The predicted octanol–water partition coefficient (Wildman–Crippen LogP) is 1.89. The van der Waals surface area contributed by atoms with Crippen molar-refractivity contribution in [2.45, 2.75) is 25.7 Å². The normalized spacial score (nSPS) is 26.1. The predicted molar refractivity (Wildman–Crippen MR) is 70.1 cm³/mol. The zero-order valence-electron chi connectivity index (χ0n) is 10.1. The molecule has 1 fully saturated rings. The summed E-state index contributed by atoms with van der Waals surface area (Å²) in [7, 11) is 0. The Labute approximate surface area is 107 Å². The van der Waals surface area contributed by atoms with Gasteiger partial charge in [0.2, 0.25) is 0 Å². The first kappa shape index (κ1) is 12.8. The Morgan fingerprint density at radius 3 is 2.88 bits per heavy atom. The Kier molecular flexibility index (Phi) is 4.40. The van der Waals surface area contributed by atoms with Gasteiger partial charge in [0.15, 0.2) is 0 Å². The van der Waals surface area contributed by atoms with E-state index in [2.05, 4.69) is 17.9 Å². The maximum absolute atomic E-state index is 6.17. The van der Waals surface area contributed by atoms with Crippen molar-refractivity contribution in [3.05, 3.63) is 34.9 Å². The Balaban J connectivity index is 2.01. The van der Waals surface area contributed by atoms with Crippen molar-refractivity contribution in [1.29, 1.82) is 0 Å². The van der Waals surface area contributed by atoms with Crippen LogP contribution in [0.2, 0.25) is 5.02 Å². The molecule has 17 heavy (non-hydrogen) atoms. The number of nitrogens with zero attached hydrogens (tertiary/aromatic N) is 1. The van der Waals surface area contributed by atoms with Crippen molar-refractivity contribution >= 4 is 11.6 Å². The molecular formula is C13H19ClN2O. The first-order chi connectivity index (χ1) is 8.19. The summed E-state index contributed by atoms with van der Waals surface area (Å²) >= 11 is 6.17. The van der Waals surface area contributed by atoms with Crippen molar-refractivity contribution in [3.8, 4) is 0 Å². The van der Waals surface area contributed by atoms with Gasteiger partial charge in [-0.1, -0.05) is 29.8 Å². The van der Waals surface area contributed by atoms with E-state index in [4.69, 9.17) is 22.1 Å². The molecule has 1 saturated heterocycles. The molecule has 1 aromatic carbocycles. The molecule has 2 unspecified atom stereocenters. The Morgan fingerprint density at radius 1 is 1.41 bits per heavy atom. The first-order valence-electron chi connectivity index (χ1n) is 6.00. The second-order valence-electron chi connectivity index (χ2n) is 4.59. The molecule has 1 aliphatic rings. The summed E-state index contributed by atoms with van der Waals surface area (Å²) in [6, 6.07) is 7.98. The maximum atomic E-state index is 6.17. The zero-order valence-corrected chi connectivity index (χ0v) is 10.9. The summed E-state index contributed by atoms with van der Waals surface area (Å²) in [6.07, 6.45) is 0.376. The van der Waals surface area contributed by atoms with E-state index >= 15 is 0 Å². The third-order valence-electron chi connectivity index (χ3n) is 3.02. The molecule has 2 rings (SSSR count). The summed E-state index contributed by atoms with van der Waals surface area (Å²) in [5, 5.41) is 0.830. The Hall–Kier alpha value is -0.610. The van der Waals surface area contributed by atoms with E-state index in [0.717, 1.165) is 24.7 Å².